The summed E-state index contributed by atoms with van der Waals surface area (Å²) in [6.45, 7) is 6.65. The first-order valence-corrected chi connectivity index (χ1v) is 4.75. The highest BCUT2D eigenvalue weighted by Gasteiger charge is 2.19. The van der Waals surface area contributed by atoms with Crippen molar-refractivity contribution in [2.45, 2.75) is 39.2 Å². The lowest BCUT2D eigenvalue weighted by molar-refractivity contribution is -0.261. The molecule has 0 fully saturated rings. The molecular weight excluding hydrogens is 200 g/mol. The molecule has 0 aliphatic carbocycles. The molecule has 0 aliphatic heterocycles. The number of hydrogen-bond donors (Lipinski definition) is 1. The van der Waals surface area contributed by atoms with Crippen LogP contribution in [0.3, 0.4) is 0 Å². The Labute approximate surface area is 88.6 Å². The zero-order chi connectivity index (χ0) is 11.8. The summed E-state index contributed by atoms with van der Waals surface area (Å²) in [4.78, 5) is 30.0. The number of aliphatic hydroxyl groups is 1. The van der Waals surface area contributed by atoms with Crippen molar-refractivity contribution in [2.24, 2.45) is 0 Å². The van der Waals surface area contributed by atoms with E-state index in [1.807, 2.05) is 6.92 Å². The van der Waals surface area contributed by atoms with Gasteiger partial charge in [-0.2, -0.15) is 0 Å². The van der Waals surface area contributed by atoms with Crippen LogP contribution in [0, 0.1) is 0 Å². The van der Waals surface area contributed by atoms with Gasteiger partial charge in [-0.05, 0) is 13.3 Å². The number of unbranched alkanes of at least 4 members (excludes halogenated alkanes) is 1. The molecule has 0 spiro atoms. The molecule has 0 saturated heterocycles. The largest absolute Gasteiger partial charge is 0.383 e. The average Bonchev–Trinajstić information content (AvgIpc) is 2.21. The summed E-state index contributed by atoms with van der Waals surface area (Å²) < 4.78 is 0. The fourth-order valence-electron chi connectivity index (χ4n) is 0.721. The van der Waals surface area contributed by atoms with E-state index in [4.69, 9.17) is 0 Å². The monoisotopic (exact) mass is 216 g/mol. The Morgan fingerprint density at radius 2 is 2.00 bits per heavy atom. The zero-order valence-corrected chi connectivity index (χ0v) is 8.99. The Morgan fingerprint density at radius 3 is 2.47 bits per heavy atom. The van der Waals surface area contributed by atoms with Gasteiger partial charge in [-0.3, -0.25) is 0 Å². The third-order valence-electron chi connectivity index (χ3n) is 1.65. The molecule has 0 aromatic carbocycles. The zero-order valence-electron chi connectivity index (χ0n) is 8.99. The van der Waals surface area contributed by atoms with E-state index in [9.17, 15) is 14.7 Å². The minimum Gasteiger partial charge on any atom is -0.381 e. The number of aliphatic hydroxyl groups excluding tert-OH is 1. The van der Waals surface area contributed by atoms with Gasteiger partial charge in [0.1, 0.15) is 0 Å². The Balaban J connectivity index is 3.82. The first-order chi connectivity index (χ1) is 6.99. The van der Waals surface area contributed by atoms with Gasteiger partial charge in [0.15, 0.2) is 6.10 Å². The molecule has 0 rings (SSSR count). The molecule has 15 heavy (non-hydrogen) atoms. The first-order valence-electron chi connectivity index (χ1n) is 4.75. The van der Waals surface area contributed by atoms with Crippen molar-refractivity contribution in [1.82, 2.24) is 0 Å². The van der Waals surface area contributed by atoms with Crippen LogP contribution in [-0.2, 0) is 19.4 Å². The Bertz CT molecular complexity index is 246. The van der Waals surface area contributed by atoms with Crippen LogP contribution in [0.5, 0.6) is 0 Å². The molecule has 1 N–H and O–H groups in total. The minimum atomic E-state index is -1.25. The summed E-state index contributed by atoms with van der Waals surface area (Å²) in [5.41, 5.74) is 0.117. The van der Waals surface area contributed by atoms with Crippen molar-refractivity contribution in [3.63, 3.8) is 0 Å². The molecule has 1 unspecified atom stereocenters. The van der Waals surface area contributed by atoms with Crippen LogP contribution in [-0.4, -0.2) is 23.1 Å². The van der Waals surface area contributed by atoms with Gasteiger partial charge >= 0.3 is 11.9 Å². The lowest BCUT2D eigenvalue weighted by Crippen LogP contribution is -2.24. The van der Waals surface area contributed by atoms with Crippen LogP contribution in [0.4, 0.5) is 0 Å². The van der Waals surface area contributed by atoms with Gasteiger partial charge in [-0.25, -0.2) is 19.4 Å². The smallest absolute Gasteiger partial charge is 0.381 e. The third kappa shape index (κ3) is 5.85. The quantitative estimate of drug-likeness (QED) is 0.423. The molecule has 0 aromatic heterocycles. The molecule has 0 amide bonds. The maximum Gasteiger partial charge on any atom is 0.383 e. The molecule has 0 aliphatic rings. The first kappa shape index (κ1) is 13.6. The Hall–Kier alpha value is -1.36. The van der Waals surface area contributed by atoms with Crippen LogP contribution in [0.25, 0.3) is 0 Å². The van der Waals surface area contributed by atoms with Gasteiger partial charge in [0, 0.05) is 5.57 Å². The van der Waals surface area contributed by atoms with Gasteiger partial charge in [-0.15, -0.1) is 0 Å². The Morgan fingerprint density at radius 1 is 1.40 bits per heavy atom. The highest BCUT2D eigenvalue weighted by Crippen LogP contribution is 2.03. The van der Waals surface area contributed by atoms with Crippen molar-refractivity contribution in [1.29, 1.82) is 0 Å². The van der Waals surface area contributed by atoms with E-state index in [1.54, 1.807) is 0 Å². The van der Waals surface area contributed by atoms with Crippen LogP contribution in [0.2, 0.25) is 0 Å². The van der Waals surface area contributed by atoms with Crippen molar-refractivity contribution < 1.29 is 24.5 Å². The highest BCUT2D eigenvalue weighted by molar-refractivity contribution is 5.87. The molecule has 5 heteroatoms. The lowest BCUT2D eigenvalue weighted by atomic mass is 10.2. The molecule has 0 radical (unpaired) electrons. The average molecular weight is 216 g/mol. The topological polar surface area (TPSA) is 72.8 Å². The van der Waals surface area contributed by atoms with Gasteiger partial charge in [0.05, 0.1) is 0 Å². The molecule has 0 aromatic rings. The van der Waals surface area contributed by atoms with E-state index in [0.717, 1.165) is 6.42 Å². The molecular formula is C10H16O5. The number of rotatable bonds is 5. The number of carbonyl (C=O) groups excluding carboxylic acids is 2. The summed E-state index contributed by atoms with van der Waals surface area (Å²) in [5, 5.41) is 9.21. The van der Waals surface area contributed by atoms with E-state index >= 15 is 0 Å². The highest BCUT2D eigenvalue weighted by atomic mass is 17.2. The SMILES string of the molecule is C=C(C)C(=O)OOC(=O)C(O)CCCC. The lowest BCUT2D eigenvalue weighted by Gasteiger charge is -2.07. The predicted octanol–water partition coefficient (Wildman–Crippen LogP) is 1.11. The maximum absolute atomic E-state index is 11.0. The van der Waals surface area contributed by atoms with Gasteiger partial charge < -0.3 is 5.11 Å². The van der Waals surface area contributed by atoms with Gasteiger partial charge in [0.25, 0.3) is 0 Å². The van der Waals surface area contributed by atoms with E-state index in [1.165, 1.54) is 6.92 Å². The molecule has 0 bridgehead atoms. The van der Waals surface area contributed by atoms with Gasteiger partial charge in [0.2, 0.25) is 0 Å². The second-order valence-electron chi connectivity index (χ2n) is 3.21. The summed E-state index contributed by atoms with van der Waals surface area (Å²) in [5.74, 6) is -1.79. The summed E-state index contributed by atoms with van der Waals surface area (Å²) >= 11 is 0. The maximum atomic E-state index is 11.0. The van der Waals surface area contributed by atoms with Gasteiger partial charge in [-0.1, -0.05) is 26.3 Å². The fourth-order valence-corrected chi connectivity index (χ4v) is 0.721. The van der Waals surface area contributed by atoms with Crippen LogP contribution in [0.1, 0.15) is 33.1 Å². The fraction of sp³-hybridized carbons (Fsp3) is 0.600. The van der Waals surface area contributed by atoms with Crippen molar-refractivity contribution in [3.8, 4) is 0 Å². The Kier molecular flexibility index (Phi) is 6.37. The second kappa shape index (κ2) is 7.00. The van der Waals surface area contributed by atoms with Crippen LogP contribution in [0.15, 0.2) is 12.2 Å². The van der Waals surface area contributed by atoms with E-state index in [0.29, 0.717) is 12.8 Å². The van der Waals surface area contributed by atoms with Crippen molar-refractivity contribution in [2.75, 3.05) is 0 Å². The minimum absolute atomic E-state index is 0.117. The van der Waals surface area contributed by atoms with Crippen molar-refractivity contribution >= 4 is 11.9 Å². The summed E-state index contributed by atoms with van der Waals surface area (Å²) in [6.07, 6.45) is 0.600. The van der Waals surface area contributed by atoms with Crippen molar-refractivity contribution in [3.05, 3.63) is 12.2 Å². The standard InChI is InChI=1S/C10H16O5/c1-4-5-6-8(11)10(13)15-14-9(12)7(2)3/h8,11H,2,4-6H2,1,3H3. The molecule has 5 nitrogen and oxygen atoms in total. The second-order valence-corrected chi connectivity index (χ2v) is 3.21. The van der Waals surface area contributed by atoms with Crippen LogP contribution >= 0.6 is 0 Å². The normalized spacial score (nSPS) is 11.7. The van der Waals surface area contributed by atoms with E-state index in [2.05, 4.69) is 16.4 Å². The predicted molar refractivity (Wildman–Crippen MR) is 52.5 cm³/mol. The molecule has 0 saturated carbocycles. The summed E-state index contributed by atoms with van der Waals surface area (Å²) in [6, 6.07) is 0. The van der Waals surface area contributed by atoms with E-state index < -0.39 is 18.0 Å². The number of hydrogen-bond acceptors (Lipinski definition) is 5. The summed E-state index contributed by atoms with van der Waals surface area (Å²) in [7, 11) is 0. The molecule has 1 atom stereocenters. The number of carbonyl (C=O) groups is 2. The molecule has 86 valence electrons. The van der Waals surface area contributed by atoms with E-state index in [-0.39, 0.29) is 5.57 Å². The molecule has 0 heterocycles. The third-order valence-corrected chi connectivity index (χ3v) is 1.65. The van der Waals surface area contributed by atoms with Crippen LogP contribution < -0.4 is 0 Å².